The van der Waals surface area contributed by atoms with Crippen LogP contribution in [0, 0.1) is 13.8 Å². The molecular formula is C15H16ClN3S. The highest BCUT2D eigenvalue weighted by Crippen LogP contribution is 2.21. The van der Waals surface area contributed by atoms with E-state index in [1.807, 2.05) is 6.20 Å². The average Bonchev–Trinajstić information content (AvgIpc) is 2.96. The number of nitrogens with zero attached hydrogens (tertiary/aromatic N) is 3. The molecule has 104 valence electrons. The zero-order valence-electron chi connectivity index (χ0n) is 11.6. The van der Waals surface area contributed by atoms with E-state index >= 15 is 0 Å². The van der Waals surface area contributed by atoms with Crippen LogP contribution >= 0.6 is 22.9 Å². The fraction of sp³-hybridized carbons (Fsp3) is 0.333. The van der Waals surface area contributed by atoms with Crippen LogP contribution in [-0.4, -0.2) is 20.4 Å². The van der Waals surface area contributed by atoms with E-state index in [4.69, 9.17) is 16.6 Å². The molecule has 0 aliphatic rings. The molecule has 0 aliphatic carbocycles. The second-order valence-corrected chi connectivity index (χ2v) is 6.61. The van der Waals surface area contributed by atoms with E-state index < -0.39 is 0 Å². The minimum absolute atomic E-state index is 0.583. The van der Waals surface area contributed by atoms with Crippen molar-refractivity contribution in [3.05, 3.63) is 45.7 Å². The summed E-state index contributed by atoms with van der Waals surface area (Å²) in [5.41, 5.74) is 3.44. The van der Waals surface area contributed by atoms with Gasteiger partial charge < -0.3 is 4.57 Å². The number of thiazole rings is 1. The maximum atomic E-state index is 5.91. The number of imidazole rings is 1. The Labute approximate surface area is 127 Å². The Hall–Kier alpha value is -1.39. The Morgan fingerprint density at radius 1 is 1.30 bits per heavy atom. The third kappa shape index (κ3) is 2.58. The van der Waals surface area contributed by atoms with Crippen molar-refractivity contribution in [3.63, 3.8) is 0 Å². The van der Waals surface area contributed by atoms with Crippen molar-refractivity contribution in [1.82, 2.24) is 14.5 Å². The van der Waals surface area contributed by atoms with Crippen LogP contribution in [-0.2, 0) is 13.0 Å². The Morgan fingerprint density at radius 3 is 2.85 bits per heavy atom. The predicted molar refractivity (Wildman–Crippen MR) is 84.8 cm³/mol. The lowest BCUT2D eigenvalue weighted by atomic mass is 10.2. The van der Waals surface area contributed by atoms with Crippen molar-refractivity contribution in [3.8, 4) is 0 Å². The molecule has 0 spiro atoms. The van der Waals surface area contributed by atoms with Gasteiger partial charge in [0, 0.05) is 23.4 Å². The molecule has 0 saturated carbocycles. The van der Waals surface area contributed by atoms with Crippen LogP contribution in [0.4, 0.5) is 0 Å². The highest BCUT2D eigenvalue weighted by Gasteiger charge is 2.12. The highest BCUT2D eigenvalue weighted by molar-refractivity contribution is 7.11. The number of rotatable bonds is 4. The zero-order valence-corrected chi connectivity index (χ0v) is 13.1. The van der Waals surface area contributed by atoms with E-state index in [9.17, 15) is 0 Å². The highest BCUT2D eigenvalue weighted by atomic mass is 35.5. The van der Waals surface area contributed by atoms with Gasteiger partial charge in [0.25, 0.3) is 0 Å². The monoisotopic (exact) mass is 305 g/mol. The number of benzene rings is 1. The third-order valence-corrected chi connectivity index (χ3v) is 4.35. The lowest BCUT2D eigenvalue weighted by Crippen LogP contribution is -2.05. The molecule has 0 atom stereocenters. The van der Waals surface area contributed by atoms with Crippen LogP contribution in [0.5, 0.6) is 0 Å². The fourth-order valence-electron chi connectivity index (χ4n) is 2.34. The Morgan fingerprint density at radius 2 is 2.15 bits per heavy atom. The molecule has 3 aromatic rings. The van der Waals surface area contributed by atoms with E-state index in [0.717, 1.165) is 34.8 Å². The second kappa shape index (κ2) is 5.54. The molecule has 5 heteroatoms. The summed E-state index contributed by atoms with van der Waals surface area (Å²) in [5.74, 6) is 1.62. The predicted octanol–water partition coefficient (Wildman–Crippen LogP) is 3.94. The van der Waals surface area contributed by atoms with E-state index in [1.165, 1.54) is 10.4 Å². The molecule has 20 heavy (non-hydrogen) atoms. The molecule has 3 rings (SSSR count). The standard InChI is InChI=1S/C15H16ClN3S/c1-10-3-4-12-13(7-10)19(14(18-12)5-6-16)9-15-17-8-11(2)20-15/h3-4,7-8H,5-6,9H2,1-2H3. The largest absolute Gasteiger partial charge is 0.321 e. The van der Waals surface area contributed by atoms with Crippen LogP contribution in [0.1, 0.15) is 21.3 Å². The van der Waals surface area contributed by atoms with Crippen LogP contribution < -0.4 is 0 Å². The van der Waals surface area contributed by atoms with Crippen molar-refractivity contribution < 1.29 is 0 Å². The van der Waals surface area contributed by atoms with Gasteiger partial charge in [0.05, 0.1) is 17.6 Å². The minimum Gasteiger partial charge on any atom is -0.321 e. The summed E-state index contributed by atoms with van der Waals surface area (Å²) in [4.78, 5) is 10.4. The summed E-state index contributed by atoms with van der Waals surface area (Å²) in [6.07, 6.45) is 2.70. The number of hydrogen-bond acceptors (Lipinski definition) is 3. The first kappa shape index (κ1) is 13.6. The summed E-state index contributed by atoms with van der Waals surface area (Å²) >= 11 is 7.64. The molecule has 0 radical (unpaired) electrons. The maximum Gasteiger partial charge on any atom is 0.113 e. The molecule has 0 amide bonds. The first-order valence-electron chi connectivity index (χ1n) is 6.60. The number of alkyl halides is 1. The smallest absolute Gasteiger partial charge is 0.113 e. The van der Waals surface area contributed by atoms with Gasteiger partial charge >= 0.3 is 0 Å². The summed E-state index contributed by atoms with van der Waals surface area (Å²) in [7, 11) is 0. The van der Waals surface area contributed by atoms with Gasteiger partial charge in [-0.25, -0.2) is 9.97 Å². The Kier molecular flexibility index (Phi) is 3.76. The van der Waals surface area contributed by atoms with Gasteiger partial charge in [-0.1, -0.05) is 6.07 Å². The fourth-order valence-corrected chi connectivity index (χ4v) is 3.29. The number of halogens is 1. The summed E-state index contributed by atoms with van der Waals surface area (Å²) < 4.78 is 2.24. The van der Waals surface area contributed by atoms with Crippen molar-refractivity contribution in [2.24, 2.45) is 0 Å². The van der Waals surface area contributed by atoms with Gasteiger partial charge in [0.2, 0.25) is 0 Å². The van der Waals surface area contributed by atoms with E-state index in [0.29, 0.717) is 5.88 Å². The van der Waals surface area contributed by atoms with Crippen molar-refractivity contribution in [2.75, 3.05) is 5.88 Å². The second-order valence-electron chi connectivity index (χ2n) is 4.91. The molecule has 2 heterocycles. The lowest BCUT2D eigenvalue weighted by molar-refractivity contribution is 0.750. The summed E-state index contributed by atoms with van der Waals surface area (Å²) in [6, 6.07) is 6.35. The van der Waals surface area contributed by atoms with E-state index in [-0.39, 0.29) is 0 Å². The van der Waals surface area contributed by atoms with Crippen molar-refractivity contribution in [1.29, 1.82) is 0 Å². The Balaban J connectivity index is 2.09. The molecule has 1 aromatic carbocycles. The molecule has 0 saturated heterocycles. The van der Waals surface area contributed by atoms with Crippen molar-refractivity contribution in [2.45, 2.75) is 26.8 Å². The van der Waals surface area contributed by atoms with Crippen molar-refractivity contribution >= 4 is 34.0 Å². The van der Waals surface area contributed by atoms with E-state index in [1.54, 1.807) is 11.3 Å². The lowest BCUT2D eigenvalue weighted by Gasteiger charge is -2.06. The summed E-state index contributed by atoms with van der Waals surface area (Å²) in [6.45, 7) is 4.95. The molecular weight excluding hydrogens is 290 g/mol. The average molecular weight is 306 g/mol. The van der Waals surface area contributed by atoms with E-state index in [2.05, 4.69) is 41.6 Å². The summed E-state index contributed by atoms with van der Waals surface area (Å²) in [5, 5.41) is 1.11. The third-order valence-electron chi connectivity index (χ3n) is 3.26. The Bertz CT molecular complexity index is 745. The molecule has 2 aromatic heterocycles. The van der Waals surface area contributed by atoms with Crippen LogP contribution in [0.2, 0.25) is 0 Å². The molecule has 0 unspecified atom stereocenters. The maximum absolute atomic E-state index is 5.91. The first-order valence-corrected chi connectivity index (χ1v) is 7.95. The zero-order chi connectivity index (χ0) is 14.1. The number of aryl methyl sites for hydroxylation is 3. The SMILES string of the molecule is Cc1ccc2nc(CCCl)n(Cc3ncc(C)s3)c2c1. The van der Waals surface area contributed by atoms with Gasteiger partial charge in [0.15, 0.2) is 0 Å². The van der Waals surface area contributed by atoms with Crippen LogP contribution in [0.15, 0.2) is 24.4 Å². The molecule has 0 N–H and O–H groups in total. The molecule has 0 fully saturated rings. The van der Waals surface area contributed by atoms with Gasteiger partial charge in [-0.15, -0.1) is 22.9 Å². The number of fused-ring (bicyclic) bond motifs is 1. The quantitative estimate of drug-likeness (QED) is 0.684. The van der Waals surface area contributed by atoms with Crippen LogP contribution in [0.3, 0.4) is 0 Å². The van der Waals surface area contributed by atoms with Gasteiger partial charge in [-0.3, -0.25) is 0 Å². The van der Waals surface area contributed by atoms with Gasteiger partial charge in [-0.2, -0.15) is 0 Å². The molecule has 0 aliphatic heterocycles. The molecule has 3 nitrogen and oxygen atoms in total. The molecule has 0 bridgehead atoms. The number of aromatic nitrogens is 3. The van der Waals surface area contributed by atoms with Gasteiger partial charge in [0.1, 0.15) is 10.8 Å². The first-order chi connectivity index (χ1) is 9.67. The van der Waals surface area contributed by atoms with Crippen LogP contribution in [0.25, 0.3) is 11.0 Å². The van der Waals surface area contributed by atoms with Gasteiger partial charge in [-0.05, 0) is 31.5 Å². The topological polar surface area (TPSA) is 30.7 Å². The minimum atomic E-state index is 0.583. The normalized spacial score (nSPS) is 11.3. The number of hydrogen-bond donors (Lipinski definition) is 0.